The first kappa shape index (κ1) is 19.4. The third-order valence-electron chi connectivity index (χ3n) is 5.01. The van der Waals surface area contributed by atoms with Crippen molar-refractivity contribution >= 4 is 0 Å². The number of para-hydroxylation sites is 1. The molecule has 1 atom stereocenters. The van der Waals surface area contributed by atoms with E-state index in [2.05, 4.69) is 16.3 Å². The summed E-state index contributed by atoms with van der Waals surface area (Å²) in [5, 5.41) is 17.3. The lowest BCUT2D eigenvalue weighted by atomic mass is 9.82. The molecule has 7 heteroatoms. The lowest BCUT2D eigenvalue weighted by molar-refractivity contribution is 0.312. The minimum Gasteiger partial charge on any atom is -0.497 e. The lowest BCUT2D eigenvalue weighted by Crippen LogP contribution is -2.21. The first-order chi connectivity index (χ1) is 14.7. The smallest absolute Gasteiger partial charge is 0.244 e. The minimum absolute atomic E-state index is 0.0491. The van der Waals surface area contributed by atoms with Gasteiger partial charge >= 0.3 is 0 Å². The van der Waals surface area contributed by atoms with E-state index in [1.54, 1.807) is 7.11 Å². The molecule has 3 N–H and O–H groups in total. The van der Waals surface area contributed by atoms with Gasteiger partial charge in [-0.2, -0.15) is 5.26 Å². The molecule has 7 nitrogen and oxygen atoms in total. The number of aromatic nitrogens is 2. The zero-order valence-corrected chi connectivity index (χ0v) is 16.8. The molecule has 0 saturated carbocycles. The number of allylic oxidation sites excluding steroid dienone is 1. The summed E-state index contributed by atoms with van der Waals surface area (Å²) in [5.41, 5.74) is 9.65. The highest BCUT2D eigenvalue weighted by molar-refractivity contribution is 5.72. The number of ether oxygens (including phenoxy) is 3. The van der Waals surface area contributed by atoms with E-state index in [1.165, 1.54) is 0 Å². The van der Waals surface area contributed by atoms with E-state index in [1.807, 2.05) is 55.5 Å². The summed E-state index contributed by atoms with van der Waals surface area (Å²) in [5.74, 6) is 1.39. The van der Waals surface area contributed by atoms with Gasteiger partial charge < -0.3 is 19.9 Å². The molecule has 0 saturated heterocycles. The van der Waals surface area contributed by atoms with Gasteiger partial charge in [0.15, 0.2) is 0 Å². The molecular weight excluding hydrogens is 380 g/mol. The summed E-state index contributed by atoms with van der Waals surface area (Å²) < 4.78 is 16.9. The predicted molar refractivity (Wildman–Crippen MR) is 112 cm³/mol. The number of benzene rings is 2. The van der Waals surface area contributed by atoms with Crippen molar-refractivity contribution in [3.63, 3.8) is 0 Å². The Hall–Kier alpha value is -3.92. The van der Waals surface area contributed by atoms with E-state index < -0.39 is 5.92 Å². The number of hydrogen-bond donors (Lipinski definition) is 2. The summed E-state index contributed by atoms with van der Waals surface area (Å²) in [6, 6.07) is 17.5. The topological polar surface area (TPSA) is 106 Å². The summed E-state index contributed by atoms with van der Waals surface area (Å²) in [6.07, 6.45) is 0.874. The van der Waals surface area contributed by atoms with Crippen molar-refractivity contribution in [1.82, 2.24) is 10.2 Å². The maximum Gasteiger partial charge on any atom is 0.244 e. The van der Waals surface area contributed by atoms with Gasteiger partial charge in [-0.3, -0.25) is 5.10 Å². The fourth-order valence-electron chi connectivity index (χ4n) is 3.60. The van der Waals surface area contributed by atoms with Crippen LogP contribution < -0.4 is 19.9 Å². The van der Waals surface area contributed by atoms with Gasteiger partial charge in [0.25, 0.3) is 0 Å². The van der Waals surface area contributed by atoms with Crippen LogP contribution in [0.4, 0.5) is 0 Å². The molecule has 4 rings (SSSR count). The van der Waals surface area contributed by atoms with Crippen molar-refractivity contribution in [3.8, 4) is 34.7 Å². The molecule has 1 aliphatic rings. The Labute approximate surface area is 174 Å². The van der Waals surface area contributed by atoms with E-state index in [0.717, 1.165) is 34.6 Å². The normalized spacial score (nSPS) is 15.2. The number of nitrogens with two attached hydrogens (primary N) is 1. The molecule has 30 heavy (non-hydrogen) atoms. The van der Waals surface area contributed by atoms with Crippen molar-refractivity contribution in [2.45, 2.75) is 19.3 Å². The van der Waals surface area contributed by atoms with E-state index >= 15 is 0 Å². The number of hydrogen-bond acceptors (Lipinski definition) is 6. The fraction of sp³-hybridized carbons (Fsp3) is 0.217. The van der Waals surface area contributed by atoms with Gasteiger partial charge in [-0.15, -0.1) is 5.10 Å². The molecule has 0 aliphatic carbocycles. The Morgan fingerprint density at radius 3 is 2.67 bits per heavy atom. The molecule has 0 amide bonds. The van der Waals surface area contributed by atoms with Crippen LogP contribution in [0.1, 0.15) is 30.4 Å². The van der Waals surface area contributed by atoms with Crippen LogP contribution in [0.15, 0.2) is 60.0 Å². The molecule has 0 radical (unpaired) electrons. The van der Waals surface area contributed by atoms with Crippen molar-refractivity contribution in [2.75, 3.05) is 13.7 Å². The van der Waals surface area contributed by atoms with Crippen LogP contribution in [0.5, 0.6) is 17.4 Å². The Morgan fingerprint density at radius 1 is 1.20 bits per heavy atom. The van der Waals surface area contributed by atoms with Crippen molar-refractivity contribution in [3.05, 3.63) is 71.1 Å². The second-order valence-electron chi connectivity index (χ2n) is 6.86. The van der Waals surface area contributed by atoms with Gasteiger partial charge in [-0.1, -0.05) is 25.1 Å². The minimum atomic E-state index is -0.470. The number of H-pyrrole nitrogens is 1. The van der Waals surface area contributed by atoms with Crippen LogP contribution in [0, 0.1) is 11.3 Å². The summed E-state index contributed by atoms with van der Waals surface area (Å²) in [7, 11) is 1.62. The number of nitrogens with one attached hydrogen (secondary N) is 1. The SMILES string of the molecule is CCCOc1ccccc1C1C(C#N)=C(N)Oc2n[nH]c(-c3ccc(OC)cc3)c21. The maximum atomic E-state index is 9.90. The van der Waals surface area contributed by atoms with Gasteiger partial charge in [-0.05, 0) is 36.8 Å². The van der Waals surface area contributed by atoms with Gasteiger partial charge in [0.05, 0.1) is 30.9 Å². The Bertz CT molecular complexity index is 1130. The van der Waals surface area contributed by atoms with Gasteiger partial charge in [0, 0.05) is 11.1 Å². The highest BCUT2D eigenvalue weighted by Crippen LogP contribution is 2.47. The number of nitrogens with zero attached hydrogens (tertiary/aromatic N) is 2. The molecule has 0 bridgehead atoms. The quantitative estimate of drug-likeness (QED) is 0.643. The molecule has 2 heterocycles. The second-order valence-corrected chi connectivity index (χ2v) is 6.86. The molecule has 3 aromatic rings. The van der Waals surface area contributed by atoms with Crippen LogP contribution in [-0.4, -0.2) is 23.9 Å². The summed E-state index contributed by atoms with van der Waals surface area (Å²) in [6.45, 7) is 2.62. The third-order valence-corrected chi connectivity index (χ3v) is 5.01. The van der Waals surface area contributed by atoms with Crippen LogP contribution >= 0.6 is 0 Å². The molecular formula is C23H22N4O3. The van der Waals surface area contributed by atoms with E-state index in [-0.39, 0.29) is 5.88 Å². The summed E-state index contributed by atoms with van der Waals surface area (Å²) in [4.78, 5) is 0. The molecule has 152 valence electrons. The van der Waals surface area contributed by atoms with Crippen LogP contribution in [0.2, 0.25) is 0 Å². The molecule has 1 unspecified atom stereocenters. The zero-order valence-electron chi connectivity index (χ0n) is 16.8. The van der Waals surface area contributed by atoms with E-state index in [0.29, 0.717) is 23.8 Å². The van der Waals surface area contributed by atoms with Crippen LogP contribution in [0.3, 0.4) is 0 Å². The van der Waals surface area contributed by atoms with Gasteiger partial charge in [-0.25, -0.2) is 0 Å². The first-order valence-corrected chi connectivity index (χ1v) is 9.69. The predicted octanol–water partition coefficient (Wildman–Crippen LogP) is 4.09. The lowest BCUT2D eigenvalue weighted by Gasteiger charge is -2.25. The zero-order chi connectivity index (χ0) is 21.1. The first-order valence-electron chi connectivity index (χ1n) is 9.69. The van der Waals surface area contributed by atoms with Gasteiger partial charge in [0.2, 0.25) is 11.8 Å². The Balaban J connectivity index is 1.89. The van der Waals surface area contributed by atoms with Crippen LogP contribution in [-0.2, 0) is 0 Å². The average molecular weight is 402 g/mol. The van der Waals surface area contributed by atoms with E-state index in [9.17, 15) is 5.26 Å². The van der Waals surface area contributed by atoms with Crippen molar-refractivity contribution in [2.24, 2.45) is 5.73 Å². The number of nitriles is 1. The largest absolute Gasteiger partial charge is 0.497 e. The molecule has 2 aromatic carbocycles. The maximum absolute atomic E-state index is 9.90. The Kier molecular flexibility index (Phi) is 5.31. The highest BCUT2D eigenvalue weighted by Gasteiger charge is 2.37. The highest BCUT2D eigenvalue weighted by atomic mass is 16.5. The number of fused-ring (bicyclic) bond motifs is 1. The third kappa shape index (κ3) is 3.33. The molecule has 1 aliphatic heterocycles. The number of aromatic amines is 1. The number of methoxy groups -OCH3 is 1. The fourth-order valence-corrected chi connectivity index (χ4v) is 3.60. The monoisotopic (exact) mass is 402 g/mol. The van der Waals surface area contributed by atoms with Gasteiger partial charge in [0.1, 0.15) is 23.1 Å². The molecule has 0 spiro atoms. The second kappa shape index (κ2) is 8.21. The van der Waals surface area contributed by atoms with Crippen molar-refractivity contribution < 1.29 is 14.2 Å². The standard InChI is InChI=1S/C23H22N4O3/c1-3-12-29-18-7-5-4-6-16(18)19-17(13-24)22(25)30-23-20(19)21(26-27-23)14-8-10-15(28-2)11-9-14/h4-11,19H,3,12,25H2,1-2H3,(H,26,27). The number of rotatable bonds is 6. The molecule has 1 aromatic heterocycles. The molecule has 0 fully saturated rings. The van der Waals surface area contributed by atoms with Crippen molar-refractivity contribution in [1.29, 1.82) is 5.26 Å². The average Bonchev–Trinajstić information content (AvgIpc) is 3.20. The van der Waals surface area contributed by atoms with Crippen LogP contribution in [0.25, 0.3) is 11.3 Å². The summed E-state index contributed by atoms with van der Waals surface area (Å²) >= 11 is 0. The van der Waals surface area contributed by atoms with E-state index in [4.69, 9.17) is 19.9 Å². The Morgan fingerprint density at radius 2 is 1.97 bits per heavy atom.